The van der Waals surface area contributed by atoms with Crippen molar-refractivity contribution in [1.82, 2.24) is 15.2 Å². The third-order valence-corrected chi connectivity index (χ3v) is 5.07. The number of rotatable bonds is 5. The van der Waals surface area contributed by atoms with Gasteiger partial charge in [0, 0.05) is 43.5 Å². The van der Waals surface area contributed by atoms with Gasteiger partial charge in [-0.15, -0.1) is 0 Å². The van der Waals surface area contributed by atoms with Gasteiger partial charge in [-0.25, -0.2) is 19.4 Å². The van der Waals surface area contributed by atoms with E-state index in [4.69, 9.17) is 22.8 Å². The number of benzene rings is 1. The van der Waals surface area contributed by atoms with Crippen molar-refractivity contribution < 1.29 is 18.3 Å². The summed E-state index contributed by atoms with van der Waals surface area (Å²) in [6.07, 6.45) is -3.10. The highest BCUT2D eigenvalue weighted by molar-refractivity contribution is 7.80. The van der Waals surface area contributed by atoms with E-state index in [9.17, 15) is 13.6 Å². The molecule has 4 N–H and O–H groups in total. The van der Waals surface area contributed by atoms with Gasteiger partial charge in [-0.2, -0.15) is 0 Å². The summed E-state index contributed by atoms with van der Waals surface area (Å²) >= 11 is 5.00. The number of nitrogens with zero attached hydrogens (tertiary/aromatic N) is 2. The van der Waals surface area contributed by atoms with E-state index < -0.39 is 6.43 Å². The molecule has 1 atom stereocenters. The minimum Gasteiger partial charge on any atom is -0.447 e. The minimum absolute atomic E-state index is 0.0415. The number of hydrogen-bond acceptors (Lipinski definition) is 5. The fourth-order valence-corrected chi connectivity index (χ4v) is 3.45. The molecule has 1 aliphatic rings. The quantitative estimate of drug-likeness (QED) is 0.377. The lowest BCUT2D eigenvalue weighted by Crippen LogP contribution is -2.54. The van der Waals surface area contributed by atoms with Gasteiger partial charge >= 0.3 is 6.09 Å². The van der Waals surface area contributed by atoms with Gasteiger partial charge in [0.15, 0.2) is 5.11 Å². The van der Waals surface area contributed by atoms with Crippen LogP contribution in [-0.4, -0.2) is 52.8 Å². The van der Waals surface area contributed by atoms with Crippen molar-refractivity contribution in [3.63, 3.8) is 0 Å². The normalized spacial score (nSPS) is 17.6. The summed E-state index contributed by atoms with van der Waals surface area (Å²) in [5, 5.41) is 3.01. The molecule has 0 aliphatic carbocycles. The lowest BCUT2D eigenvalue weighted by molar-refractivity contribution is 0.0349. The number of nitrogens with two attached hydrogens (primary N) is 1. The zero-order valence-corrected chi connectivity index (χ0v) is 18.0. The van der Waals surface area contributed by atoms with Crippen LogP contribution < -0.4 is 16.6 Å². The molecule has 0 unspecified atom stereocenters. The van der Waals surface area contributed by atoms with Crippen LogP contribution in [0.15, 0.2) is 12.1 Å². The van der Waals surface area contributed by atoms with Crippen molar-refractivity contribution in [1.29, 1.82) is 0 Å². The zero-order valence-electron chi connectivity index (χ0n) is 17.2. The number of hydrogen-bond donors (Lipinski definition) is 3. The van der Waals surface area contributed by atoms with E-state index >= 15 is 0 Å². The number of piperazine rings is 1. The van der Waals surface area contributed by atoms with E-state index in [1.54, 1.807) is 4.90 Å². The Morgan fingerprint density at radius 2 is 2.07 bits per heavy atom. The van der Waals surface area contributed by atoms with Crippen LogP contribution in [0.25, 0.3) is 0 Å². The second kappa shape index (κ2) is 10.1. The third kappa shape index (κ3) is 6.22. The third-order valence-electron chi connectivity index (χ3n) is 4.85. The van der Waals surface area contributed by atoms with E-state index in [0.29, 0.717) is 31.9 Å². The van der Waals surface area contributed by atoms with Crippen LogP contribution in [0.5, 0.6) is 0 Å². The second-order valence-corrected chi connectivity index (χ2v) is 7.87. The Hall–Kier alpha value is -2.04. The topological polar surface area (TPSA) is 82.9 Å². The number of amides is 1. The lowest BCUT2D eigenvalue weighted by Gasteiger charge is -2.39. The van der Waals surface area contributed by atoms with E-state index in [0.717, 1.165) is 11.1 Å². The van der Waals surface area contributed by atoms with Gasteiger partial charge in [0.2, 0.25) is 0 Å². The Balaban J connectivity index is 2.15. The molecule has 0 saturated carbocycles. The molecule has 1 fully saturated rings. The van der Waals surface area contributed by atoms with Crippen molar-refractivity contribution in [3.05, 3.63) is 28.8 Å². The van der Waals surface area contributed by atoms with Crippen molar-refractivity contribution in [2.45, 2.75) is 52.8 Å². The molecule has 29 heavy (non-hydrogen) atoms. The van der Waals surface area contributed by atoms with Crippen molar-refractivity contribution in [3.8, 4) is 0 Å². The van der Waals surface area contributed by atoms with Crippen molar-refractivity contribution in [2.24, 2.45) is 5.84 Å². The highest BCUT2D eigenvalue weighted by atomic mass is 32.1. The molecule has 10 heteroatoms. The highest BCUT2D eigenvalue weighted by Gasteiger charge is 2.29. The maximum atomic E-state index is 13.4. The summed E-state index contributed by atoms with van der Waals surface area (Å²) in [5.74, 6) is 5.29. The van der Waals surface area contributed by atoms with Crippen LogP contribution >= 0.6 is 12.2 Å². The average Bonchev–Trinajstić information content (AvgIpc) is 2.63. The number of ether oxygens (including phenoxy) is 1. The average molecular weight is 430 g/mol. The summed E-state index contributed by atoms with van der Waals surface area (Å²) in [6, 6.07) is 2.87. The Bertz CT molecular complexity index is 748. The Kier molecular flexibility index (Phi) is 8.12. The van der Waals surface area contributed by atoms with Gasteiger partial charge in [0.25, 0.3) is 6.43 Å². The van der Waals surface area contributed by atoms with E-state index in [1.165, 1.54) is 12.1 Å². The molecule has 1 aromatic rings. The predicted octanol–water partition coefficient (Wildman–Crippen LogP) is 3.14. The number of thiocarbonyl (C=S) groups is 1. The highest BCUT2D eigenvalue weighted by Crippen LogP contribution is 2.29. The Morgan fingerprint density at radius 3 is 2.62 bits per heavy atom. The number of hydrazine groups is 1. The molecule has 1 aromatic carbocycles. The molecular formula is C19H29F2N5O2S. The first-order valence-corrected chi connectivity index (χ1v) is 9.92. The van der Waals surface area contributed by atoms with Crippen LogP contribution in [0.1, 0.15) is 43.9 Å². The second-order valence-electron chi connectivity index (χ2n) is 7.46. The molecule has 0 bridgehead atoms. The molecule has 0 aromatic heterocycles. The summed E-state index contributed by atoms with van der Waals surface area (Å²) in [4.78, 5) is 16.0. The van der Waals surface area contributed by atoms with E-state index in [-0.39, 0.29) is 28.9 Å². The molecule has 7 nitrogen and oxygen atoms in total. The van der Waals surface area contributed by atoms with Crippen molar-refractivity contribution >= 4 is 29.1 Å². The number of halogens is 2. The number of anilines is 1. The summed E-state index contributed by atoms with van der Waals surface area (Å²) < 4.78 is 32.1. The van der Waals surface area contributed by atoms with Crippen LogP contribution in [0, 0.1) is 6.92 Å². The molecule has 2 rings (SSSR count). The minimum atomic E-state index is -2.60. The van der Waals surface area contributed by atoms with Crippen LogP contribution in [-0.2, 0) is 11.3 Å². The van der Waals surface area contributed by atoms with E-state index in [2.05, 4.69) is 15.6 Å². The van der Waals surface area contributed by atoms with Gasteiger partial charge in [-0.3, -0.25) is 4.90 Å². The molecule has 162 valence electrons. The van der Waals surface area contributed by atoms with Crippen LogP contribution in [0.2, 0.25) is 0 Å². The lowest BCUT2D eigenvalue weighted by atomic mass is 10.0. The largest absolute Gasteiger partial charge is 0.447 e. The van der Waals surface area contributed by atoms with Gasteiger partial charge in [0.1, 0.15) is 0 Å². The fourth-order valence-electron chi connectivity index (χ4n) is 3.34. The first-order valence-electron chi connectivity index (χ1n) is 9.51. The Morgan fingerprint density at radius 1 is 1.38 bits per heavy atom. The van der Waals surface area contributed by atoms with Crippen molar-refractivity contribution in [2.75, 3.05) is 25.0 Å². The van der Waals surface area contributed by atoms with Gasteiger partial charge in [0.05, 0.1) is 6.10 Å². The Labute approximate surface area is 175 Å². The monoisotopic (exact) mass is 429 g/mol. The number of nitrogens with one attached hydrogen (secondary N) is 2. The standard InChI is InChI=1S/C19H29F2N5O2S/c1-11(2)28-19(27)26-6-5-25(9-12(26)3)10-15-7-14(17(20)21)8-16(13(15)4)23-18(29)24-22/h7-8,11-12,17H,5-6,9-10,22H2,1-4H3,(H2,23,24,29)/t12-/m0/s1. The molecular weight excluding hydrogens is 400 g/mol. The van der Waals surface area contributed by atoms with Crippen LogP contribution in [0.3, 0.4) is 0 Å². The first kappa shape index (κ1) is 23.2. The SMILES string of the molecule is Cc1c(CN2CCN(C(=O)OC(C)C)[C@@H](C)C2)cc(C(F)F)cc1NC(=S)NN. The van der Waals surface area contributed by atoms with Crippen LogP contribution in [0.4, 0.5) is 19.3 Å². The van der Waals surface area contributed by atoms with Gasteiger partial charge in [-0.1, -0.05) is 0 Å². The smallest absolute Gasteiger partial charge is 0.410 e. The van der Waals surface area contributed by atoms with Gasteiger partial charge < -0.3 is 20.4 Å². The predicted molar refractivity (Wildman–Crippen MR) is 113 cm³/mol. The summed E-state index contributed by atoms with van der Waals surface area (Å²) in [5.41, 5.74) is 4.30. The number of alkyl halides is 2. The zero-order chi connectivity index (χ0) is 21.7. The molecule has 0 spiro atoms. The first-order chi connectivity index (χ1) is 13.6. The molecule has 1 saturated heterocycles. The molecule has 1 heterocycles. The maximum Gasteiger partial charge on any atom is 0.410 e. The number of carbonyl (C=O) groups excluding carboxylic acids is 1. The summed E-state index contributed by atoms with van der Waals surface area (Å²) in [6.45, 7) is 9.69. The fraction of sp³-hybridized carbons (Fsp3) is 0.579. The molecule has 1 aliphatic heterocycles. The number of carbonyl (C=O) groups is 1. The molecule has 1 amide bonds. The van der Waals surface area contributed by atoms with Gasteiger partial charge in [-0.05, 0) is 63.2 Å². The molecule has 0 radical (unpaired) electrons. The summed E-state index contributed by atoms with van der Waals surface area (Å²) in [7, 11) is 0. The van der Waals surface area contributed by atoms with E-state index in [1.807, 2.05) is 27.7 Å². The maximum absolute atomic E-state index is 13.4.